The van der Waals surface area contributed by atoms with Crippen LogP contribution in [-0.2, 0) is 14.3 Å². The Morgan fingerprint density at radius 1 is 1.41 bits per heavy atom. The van der Waals surface area contributed by atoms with Crippen molar-refractivity contribution in [3.8, 4) is 0 Å². The second kappa shape index (κ2) is 7.63. The van der Waals surface area contributed by atoms with Crippen LogP contribution < -0.4 is 5.32 Å². The molecule has 0 rings (SSSR count). The van der Waals surface area contributed by atoms with Gasteiger partial charge in [0.1, 0.15) is 5.54 Å². The SMILES string of the molecule is CCOCC(C)OC(C)CC(C)(NC)C(=O)O. The lowest BCUT2D eigenvalue weighted by atomic mass is 9.95. The Morgan fingerprint density at radius 2 is 2.00 bits per heavy atom. The minimum Gasteiger partial charge on any atom is -0.480 e. The number of rotatable bonds is 9. The summed E-state index contributed by atoms with van der Waals surface area (Å²) in [6.45, 7) is 8.57. The van der Waals surface area contributed by atoms with Gasteiger partial charge in [0.25, 0.3) is 0 Å². The predicted octanol–water partition coefficient (Wildman–Crippen LogP) is 1.27. The molecule has 0 aromatic rings. The molecule has 0 aliphatic heterocycles. The topological polar surface area (TPSA) is 67.8 Å². The molecule has 17 heavy (non-hydrogen) atoms. The van der Waals surface area contributed by atoms with Crippen molar-refractivity contribution < 1.29 is 19.4 Å². The molecule has 0 bridgehead atoms. The standard InChI is InChI=1S/C12H25NO4/c1-6-16-8-10(3)17-9(2)7-12(4,13-5)11(14)15/h9-10,13H,6-8H2,1-5H3,(H,14,15). The van der Waals surface area contributed by atoms with E-state index in [-0.39, 0.29) is 12.2 Å². The van der Waals surface area contributed by atoms with E-state index in [9.17, 15) is 4.79 Å². The van der Waals surface area contributed by atoms with Crippen molar-refractivity contribution in [3.63, 3.8) is 0 Å². The number of carboxylic acids is 1. The summed E-state index contributed by atoms with van der Waals surface area (Å²) in [5.41, 5.74) is -0.954. The van der Waals surface area contributed by atoms with E-state index < -0.39 is 11.5 Å². The Balaban J connectivity index is 4.15. The predicted molar refractivity (Wildman–Crippen MR) is 66.2 cm³/mol. The Kier molecular flexibility index (Phi) is 7.34. The van der Waals surface area contributed by atoms with E-state index in [1.807, 2.05) is 20.8 Å². The maximum Gasteiger partial charge on any atom is 0.323 e. The average Bonchev–Trinajstić information content (AvgIpc) is 2.25. The van der Waals surface area contributed by atoms with E-state index in [4.69, 9.17) is 14.6 Å². The van der Waals surface area contributed by atoms with Gasteiger partial charge in [0, 0.05) is 13.0 Å². The molecule has 0 aromatic heterocycles. The summed E-state index contributed by atoms with van der Waals surface area (Å²) in [7, 11) is 1.64. The van der Waals surface area contributed by atoms with Crippen LogP contribution in [0.15, 0.2) is 0 Å². The fourth-order valence-electron chi connectivity index (χ4n) is 1.64. The van der Waals surface area contributed by atoms with Crippen LogP contribution in [0.2, 0.25) is 0 Å². The second-order valence-corrected chi connectivity index (χ2v) is 4.51. The van der Waals surface area contributed by atoms with Crippen molar-refractivity contribution in [3.05, 3.63) is 0 Å². The fraction of sp³-hybridized carbons (Fsp3) is 0.917. The van der Waals surface area contributed by atoms with Gasteiger partial charge in [-0.3, -0.25) is 4.79 Å². The molecule has 5 heteroatoms. The highest BCUT2D eigenvalue weighted by Crippen LogP contribution is 2.15. The zero-order valence-corrected chi connectivity index (χ0v) is 11.4. The molecule has 3 unspecified atom stereocenters. The molecular formula is C12H25NO4. The van der Waals surface area contributed by atoms with Crippen LogP contribution in [0.3, 0.4) is 0 Å². The number of likely N-dealkylation sites (N-methyl/N-ethyl adjacent to an activating group) is 1. The number of hydrogen-bond acceptors (Lipinski definition) is 4. The summed E-state index contributed by atoms with van der Waals surface area (Å²) >= 11 is 0. The van der Waals surface area contributed by atoms with Crippen molar-refractivity contribution in [2.45, 2.75) is 51.9 Å². The molecule has 102 valence electrons. The highest BCUT2D eigenvalue weighted by molar-refractivity contribution is 5.78. The zero-order chi connectivity index (χ0) is 13.5. The number of hydrogen-bond donors (Lipinski definition) is 2. The smallest absolute Gasteiger partial charge is 0.323 e. The summed E-state index contributed by atoms with van der Waals surface area (Å²) in [6, 6.07) is 0. The van der Waals surface area contributed by atoms with Crippen LogP contribution in [0.4, 0.5) is 0 Å². The summed E-state index contributed by atoms with van der Waals surface area (Å²) < 4.78 is 10.9. The van der Waals surface area contributed by atoms with E-state index in [1.54, 1.807) is 14.0 Å². The van der Waals surface area contributed by atoms with E-state index in [2.05, 4.69) is 5.32 Å². The van der Waals surface area contributed by atoms with Gasteiger partial charge in [0.2, 0.25) is 0 Å². The Labute approximate surface area is 103 Å². The molecule has 0 heterocycles. The van der Waals surface area contributed by atoms with Crippen molar-refractivity contribution in [2.75, 3.05) is 20.3 Å². The number of aliphatic carboxylic acids is 1. The van der Waals surface area contributed by atoms with Crippen molar-refractivity contribution in [1.82, 2.24) is 5.32 Å². The summed E-state index contributed by atoms with van der Waals surface area (Å²) in [5, 5.41) is 11.9. The lowest BCUT2D eigenvalue weighted by molar-refractivity contribution is -0.146. The lowest BCUT2D eigenvalue weighted by Gasteiger charge is -2.29. The zero-order valence-electron chi connectivity index (χ0n) is 11.4. The van der Waals surface area contributed by atoms with Crippen LogP contribution in [0.1, 0.15) is 34.1 Å². The number of ether oxygens (including phenoxy) is 2. The van der Waals surface area contributed by atoms with Gasteiger partial charge in [0.05, 0.1) is 18.8 Å². The third-order valence-corrected chi connectivity index (χ3v) is 2.74. The van der Waals surface area contributed by atoms with E-state index in [0.717, 1.165) is 0 Å². The molecule has 0 aliphatic carbocycles. The van der Waals surface area contributed by atoms with Gasteiger partial charge >= 0.3 is 5.97 Å². The molecule has 0 spiro atoms. The van der Waals surface area contributed by atoms with E-state index in [0.29, 0.717) is 19.6 Å². The van der Waals surface area contributed by atoms with Crippen molar-refractivity contribution in [1.29, 1.82) is 0 Å². The van der Waals surface area contributed by atoms with Crippen LogP contribution >= 0.6 is 0 Å². The first-order chi connectivity index (χ1) is 7.85. The Bertz CT molecular complexity index is 235. The first-order valence-electron chi connectivity index (χ1n) is 6.01. The van der Waals surface area contributed by atoms with Crippen molar-refractivity contribution >= 4 is 5.97 Å². The van der Waals surface area contributed by atoms with Crippen LogP contribution in [0.5, 0.6) is 0 Å². The number of carbonyl (C=O) groups is 1. The molecule has 0 radical (unpaired) electrons. The van der Waals surface area contributed by atoms with E-state index in [1.165, 1.54) is 0 Å². The van der Waals surface area contributed by atoms with E-state index >= 15 is 0 Å². The molecule has 5 nitrogen and oxygen atoms in total. The molecule has 0 amide bonds. The largest absolute Gasteiger partial charge is 0.480 e. The van der Waals surface area contributed by atoms with Crippen LogP contribution in [-0.4, -0.2) is 49.1 Å². The Hall–Kier alpha value is -0.650. The minimum atomic E-state index is -0.954. The second-order valence-electron chi connectivity index (χ2n) is 4.51. The van der Waals surface area contributed by atoms with Gasteiger partial charge in [0.15, 0.2) is 0 Å². The van der Waals surface area contributed by atoms with Gasteiger partial charge in [-0.1, -0.05) is 0 Å². The molecule has 0 aliphatic rings. The van der Waals surface area contributed by atoms with Gasteiger partial charge < -0.3 is 19.9 Å². The molecule has 0 saturated heterocycles. The normalized spacial score (nSPS) is 18.4. The monoisotopic (exact) mass is 247 g/mol. The van der Waals surface area contributed by atoms with Crippen LogP contribution in [0, 0.1) is 0 Å². The van der Waals surface area contributed by atoms with Gasteiger partial charge in [-0.2, -0.15) is 0 Å². The van der Waals surface area contributed by atoms with Gasteiger partial charge in [-0.15, -0.1) is 0 Å². The molecule has 0 fully saturated rings. The molecule has 0 saturated carbocycles. The van der Waals surface area contributed by atoms with Crippen molar-refractivity contribution in [2.24, 2.45) is 0 Å². The van der Waals surface area contributed by atoms with Gasteiger partial charge in [-0.25, -0.2) is 0 Å². The summed E-state index contributed by atoms with van der Waals surface area (Å²) in [6.07, 6.45) is 0.244. The molecular weight excluding hydrogens is 222 g/mol. The quantitative estimate of drug-likeness (QED) is 0.642. The van der Waals surface area contributed by atoms with Crippen LogP contribution in [0.25, 0.3) is 0 Å². The summed E-state index contributed by atoms with van der Waals surface area (Å²) in [5.74, 6) is -0.868. The lowest BCUT2D eigenvalue weighted by Crippen LogP contribution is -2.50. The molecule has 3 atom stereocenters. The summed E-state index contributed by atoms with van der Waals surface area (Å²) in [4.78, 5) is 11.1. The maximum absolute atomic E-state index is 11.1. The highest BCUT2D eigenvalue weighted by Gasteiger charge is 2.33. The van der Waals surface area contributed by atoms with Gasteiger partial charge in [-0.05, 0) is 34.7 Å². The highest BCUT2D eigenvalue weighted by atomic mass is 16.5. The first-order valence-corrected chi connectivity index (χ1v) is 6.01. The fourth-order valence-corrected chi connectivity index (χ4v) is 1.64. The average molecular weight is 247 g/mol. The Morgan fingerprint density at radius 3 is 2.41 bits per heavy atom. The third-order valence-electron chi connectivity index (χ3n) is 2.74. The maximum atomic E-state index is 11.1. The number of nitrogens with one attached hydrogen (secondary N) is 1. The minimum absolute atomic E-state index is 0.0279. The number of carboxylic acid groups (broad SMARTS) is 1. The molecule has 2 N–H and O–H groups in total. The third kappa shape index (κ3) is 6.00. The molecule has 0 aromatic carbocycles. The first kappa shape index (κ1) is 16.4.